The highest BCUT2D eigenvalue weighted by atomic mass is 32.2. The van der Waals surface area contributed by atoms with Gasteiger partial charge in [0, 0.05) is 17.7 Å². The zero-order valence-electron chi connectivity index (χ0n) is 17.7. The summed E-state index contributed by atoms with van der Waals surface area (Å²) in [5, 5.41) is 8.95. The quantitative estimate of drug-likeness (QED) is 0.358. The molecule has 1 aliphatic heterocycles. The van der Waals surface area contributed by atoms with Crippen LogP contribution in [0, 0.1) is 11.6 Å². The largest absolute Gasteiger partial charge is 0.447 e. The first kappa shape index (κ1) is 22.1. The number of hydrogen-bond donors (Lipinski definition) is 0. The van der Waals surface area contributed by atoms with Gasteiger partial charge in [-0.3, -0.25) is 9.69 Å². The molecule has 0 N–H and O–H groups in total. The number of anilines is 1. The molecule has 1 atom stereocenters. The van der Waals surface area contributed by atoms with Crippen molar-refractivity contribution in [2.24, 2.45) is 0 Å². The van der Waals surface area contributed by atoms with Gasteiger partial charge in [-0.2, -0.15) is 4.98 Å². The summed E-state index contributed by atoms with van der Waals surface area (Å²) < 4.78 is 35.1. The highest BCUT2D eigenvalue weighted by Crippen LogP contribution is 2.44. The number of nitrogens with zero attached hydrogens (tertiary/aromatic N) is 4. The second-order valence-electron chi connectivity index (χ2n) is 7.20. The van der Waals surface area contributed by atoms with Crippen LogP contribution in [0.5, 0.6) is 5.88 Å². The molecule has 0 bridgehead atoms. The molecule has 0 saturated heterocycles. The van der Waals surface area contributed by atoms with Crippen molar-refractivity contribution in [2.75, 3.05) is 10.7 Å². The van der Waals surface area contributed by atoms with Crippen LogP contribution in [0.4, 0.5) is 14.5 Å². The Hall–Kier alpha value is -3.07. The van der Waals surface area contributed by atoms with Crippen LogP contribution < -0.4 is 9.64 Å². The van der Waals surface area contributed by atoms with Crippen molar-refractivity contribution >= 4 is 23.4 Å². The molecule has 1 aliphatic rings. The predicted octanol–water partition coefficient (Wildman–Crippen LogP) is 5.54. The lowest BCUT2D eigenvalue weighted by Crippen LogP contribution is -2.37. The smallest absolute Gasteiger partial charge is 0.247 e. The molecule has 166 valence electrons. The van der Waals surface area contributed by atoms with E-state index in [2.05, 4.69) is 22.1 Å². The van der Waals surface area contributed by atoms with E-state index in [-0.39, 0.29) is 23.8 Å². The summed E-state index contributed by atoms with van der Waals surface area (Å²) in [6, 6.07) is 10.9. The van der Waals surface area contributed by atoms with Crippen LogP contribution >= 0.6 is 11.8 Å². The summed E-state index contributed by atoms with van der Waals surface area (Å²) in [4.78, 5) is 18.9. The Labute approximate surface area is 189 Å². The topological polar surface area (TPSA) is 68.2 Å². The summed E-state index contributed by atoms with van der Waals surface area (Å²) in [5.41, 5.74) is 1.28. The summed E-state index contributed by atoms with van der Waals surface area (Å²) in [7, 11) is 0. The third kappa shape index (κ3) is 4.17. The average Bonchev–Trinajstić information content (AvgIpc) is 2.95. The van der Waals surface area contributed by atoms with Gasteiger partial charge in [-0.15, -0.1) is 10.2 Å². The van der Waals surface area contributed by atoms with Gasteiger partial charge in [0.1, 0.15) is 0 Å². The number of carbonyl (C=O) groups is 1. The SMILES string of the molecule is CCCCSc1nnc2c(n1)O[C@@H](c1cccc(F)c1F)N(C(=O)CC)c1ccccc1-2. The zero-order chi connectivity index (χ0) is 22.7. The first-order valence-electron chi connectivity index (χ1n) is 10.4. The number of ether oxygens (including phenoxy) is 1. The molecule has 0 fully saturated rings. The van der Waals surface area contributed by atoms with Crippen LogP contribution in [-0.2, 0) is 4.79 Å². The van der Waals surface area contributed by atoms with E-state index >= 15 is 0 Å². The van der Waals surface area contributed by atoms with Gasteiger partial charge in [0.2, 0.25) is 23.2 Å². The standard InChI is InChI=1S/C23H22F2N4O2S/c1-3-5-13-32-23-26-21-20(27-28-23)14-9-6-7-12-17(14)29(18(30)4-2)22(31-21)15-10-8-11-16(24)19(15)25/h6-12,22H,3-5,13H2,1-2H3/t22-/m0/s1. The molecule has 3 aromatic rings. The third-order valence-electron chi connectivity index (χ3n) is 5.06. The number of benzene rings is 2. The Balaban J connectivity index is 1.90. The molecular formula is C23H22F2N4O2S. The van der Waals surface area contributed by atoms with Crippen LogP contribution in [0.25, 0.3) is 11.3 Å². The molecule has 32 heavy (non-hydrogen) atoms. The van der Waals surface area contributed by atoms with E-state index < -0.39 is 17.9 Å². The van der Waals surface area contributed by atoms with Crippen molar-refractivity contribution in [3.63, 3.8) is 0 Å². The maximum atomic E-state index is 14.9. The first-order valence-corrected chi connectivity index (χ1v) is 11.4. The second kappa shape index (κ2) is 9.60. The van der Waals surface area contributed by atoms with E-state index in [1.54, 1.807) is 31.2 Å². The molecule has 4 rings (SSSR count). The number of halogens is 2. The van der Waals surface area contributed by atoms with Crippen LogP contribution in [0.2, 0.25) is 0 Å². The molecule has 0 saturated carbocycles. The highest BCUT2D eigenvalue weighted by Gasteiger charge is 2.37. The Kier molecular flexibility index (Phi) is 6.64. The van der Waals surface area contributed by atoms with Gasteiger partial charge in [0.25, 0.3) is 0 Å². The Morgan fingerprint density at radius 3 is 2.72 bits per heavy atom. The van der Waals surface area contributed by atoms with Crippen LogP contribution in [0.1, 0.15) is 44.9 Å². The fourth-order valence-electron chi connectivity index (χ4n) is 3.44. The van der Waals surface area contributed by atoms with Crippen LogP contribution in [0.3, 0.4) is 0 Å². The summed E-state index contributed by atoms with van der Waals surface area (Å²) in [5.74, 6) is -1.48. The van der Waals surface area contributed by atoms with Gasteiger partial charge < -0.3 is 4.74 Å². The molecule has 0 spiro atoms. The lowest BCUT2D eigenvalue weighted by Gasteiger charge is -2.30. The minimum absolute atomic E-state index is 0.103. The number of hydrogen-bond acceptors (Lipinski definition) is 6. The van der Waals surface area contributed by atoms with Crippen LogP contribution in [0.15, 0.2) is 47.6 Å². The summed E-state index contributed by atoms with van der Waals surface area (Å²) in [6.45, 7) is 3.79. The molecule has 1 amide bonds. The van der Waals surface area contributed by atoms with Gasteiger partial charge >= 0.3 is 0 Å². The molecule has 1 aromatic heterocycles. The number of aromatic nitrogens is 3. The maximum absolute atomic E-state index is 14.9. The normalized spacial score (nSPS) is 14.9. The lowest BCUT2D eigenvalue weighted by atomic mass is 10.1. The van der Waals surface area contributed by atoms with Crippen molar-refractivity contribution < 1.29 is 18.3 Å². The molecular weight excluding hydrogens is 434 g/mol. The van der Waals surface area contributed by atoms with Gasteiger partial charge in [-0.1, -0.05) is 62.4 Å². The minimum atomic E-state index is -1.26. The monoisotopic (exact) mass is 456 g/mol. The van der Waals surface area contributed by atoms with Crippen molar-refractivity contribution in [1.82, 2.24) is 15.2 Å². The number of amides is 1. The molecule has 2 heterocycles. The average molecular weight is 457 g/mol. The highest BCUT2D eigenvalue weighted by molar-refractivity contribution is 7.99. The minimum Gasteiger partial charge on any atom is -0.447 e. The van der Waals surface area contributed by atoms with E-state index in [1.165, 1.54) is 28.8 Å². The summed E-state index contributed by atoms with van der Waals surface area (Å²) in [6.07, 6.45) is 0.902. The maximum Gasteiger partial charge on any atom is 0.247 e. The Morgan fingerprint density at radius 2 is 1.94 bits per heavy atom. The molecule has 0 unspecified atom stereocenters. The van der Waals surface area contributed by atoms with Gasteiger partial charge in [-0.05, 0) is 18.6 Å². The number of thioether (sulfide) groups is 1. The van der Waals surface area contributed by atoms with Crippen molar-refractivity contribution in [3.05, 3.63) is 59.7 Å². The van der Waals surface area contributed by atoms with Crippen LogP contribution in [-0.4, -0.2) is 26.8 Å². The second-order valence-corrected chi connectivity index (χ2v) is 8.26. The predicted molar refractivity (Wildman–Crippen MR) is 118 cm³/mol. The van der Waals surface area contributed by atoms with Crippen molar-refractivity contribution in [2.45, 2.75) is 44.5 Å². The van der Waals surface area contributed by atoms with Crippen molar-refractivity contribution in [1.29, 1.82) is 0 Å². The van der Waals surface area contributed by atoms with E-state index in [9.17, 15) is 13.6 Å². The van der Waals surface area contributed by atoms with E-state index in [1.807, 2.05) is 0 Å². The molecule has 2 aromatic carbocycles. The van der Waals surface area contributed by atoms with Crippen molar-refractivity contribution in [3.8, 4) is 17.1 Å². The van der Waals surface area contributed by atoms with E-state index in [0.717, 1.165) is 24.7 Å². The Bertz CT molecular complexity index is 1140. The fraction of sp³-hybridized carbons (Fsp3) is 0.304. The van der Waals surface area contributed by atoms with E-state index in [4.69, 9.17) is 4.74 Å². The molecule has 9 heteroatoms. The number of para-hydroxylation sites is 1. The number of carbonyl (C=O) groups excluding carboxylic acids is 1. The lowest BCUT2D eigenvalue weighted by molar-refractivity contribution is -0.120. The zero-order valence-corrected chi connectivity index (χ0v) is 18.5. The van der Waals surface area contributed by atoms with Gasteiger partial charge in [0.05, 0.1) is 11.3 Å². The number of fused-ring (bicyclic) bond motifs is 3. The molecule has 0 aliphatic carbocycles. The first-order chi connectivity index (χ1) is 15.5. The summed E-state index contributed by atoms with van der Waals surface area (Å²) >= 11 is 1.44. The Morgan fingerprint density at radius 1 is 1.12 bits per heavy atom. The molecule has 6 nitrogen and oxygen atoms in total. The number of unbranched alkanes of at least 4 members (excludes halogenated alkanes) is 1. The van der Waals surface area contributed by atoms with E-state index in [0.29, 0.717) is 22.1 Å². The molecule has 0 radical (unpaired) electrons. The fourth-order valence-corrected chi connectivity index (χ4v) is 4.30. The van der Waals surface area contributed by atoms with Gasteiger partial charge in [-0.25, -0.2) is 8.78 Å². The number of rotatable bonds is 6. The third-order valence-corrected chi connectivity index (χ3v) is 5.98. The van der Waals surface area contributed by atoms with Gasteiger partial charge in [0.15, 0.2) is 17.3 Å².